The molecule has 0 bridgehead atoms. The third-order valence-electron chi connectivity index (χ3n) is 4.04. The SMILES string of the molecule is NCC(=O)NCC(=O)NCC(=O)N1CCN(Cc2ccccc2)CC1. The molecular weight excluding hydrogens is 322 g/mol. The zero-order valence-corrected chi connectivity index (χ0v) is 14.2. The number of rotatable bonds is 7. The van der Waals surface area contributed by atoms with Gasteiger partial charge in [0.15, 0.2) is 0 Å². The molecule has 0 radical (unpaired) electrons. The normalized spacial score (nSPS) is 14.8. The molecule has 4 N–H and O–H groups in total. The molecule has 1 aromatic carbocycles. The number of nitrogens with two attached hydrogens (primary N) is 1. The summed E-state index contributed by atoms with van der Waals surface area (Å²) in [7, 11) is 0. The zero-order chi connectivity index (χ0) is 18.1. The van der Waals surface area contributed by atoms with E-state index in [1.807, 2.05) is 18.2 Å². The van der Waals surface area contributed by atoms with E-state index < -0.39 is 11.8 Å². The molecular formula is C17H25N5O3. The van der Waals surface area contributed by atoms with Crippen LogP contribution in [-0.4, -0.2) is 73.3 Å². The van der Waals surface area contributed by atoms with E-state index in [9.17, 15) is 14.4 Å². The molecule has 8 heteroatoms. The number of amides is 3. The number of piperazine rings is 1. The number of hydrogen-bond acceptors (Lipinski definition) is 5. The number of carbonyl (C=O) groups excluding carboxylic acids is 3. The van der Waals surface area contributed by atoms with Gasteiger partial charge in [-0.3, -0.25) is 19.3 Å². The average Bonchev–Trinajstić information content (AvgIpc) is 2.65. The van der Waals surface area contributed by atoms with Crippen LogP contribution in [0, 0.1) is 0 Å². The molecule has 0 unspecified atom stereocenters. The summed E-state index contributed by atoms with van der Waals surface area (Å²) in [6.45, 7) is 3.38. The number of carbonyl (C=O) groups is 3. The minimum absolute atomic E-state index is 0.0595. The monoisotopic (exact) mass is 347 g/mol. The van der Waals surface area contributed by atoms with Crippen LogP contribution in [0.3, 0.4) is 0 Å². The highest BCUT2D eigenvalue weighted by molar-refractivity contribution is 5.88. The van der Waals surface area contributed by atoms with Gasteiger partial charge in [0, 0.05) is 32.7 Å². The Balaban J connectivity index is 1.65. The van der Waals surface area contributed by atoms with Crippen molar-refractivity contribution in [1.29, 1.82) is 0 Å². The van der Waals surface area contributed by atoms with Crippen molar-refractivity contribution >= 4 is 17.7 Å². The van der Waals surface area contributed by atoms with Gasteiger partial charge in [0.05, 0.1) is 19.6 Å². The second-order valence-electron chi connectivity index (χ2n) is 5.90. The van der Waals surface area contributed by atoms with Crippen molar-refractivity contribution in [1.82, 2.24) is 20.4 Å². The van der Waals surface area contributed by atoms with E-state index in [1.54, 1.807) is 4.90 Å². The highest BCUT2D eigenvalue weighted by Gasteiger charge is 2.21. The summed E-state index contributed by atoms with van der Waals surface area (Å²) >= 11 is 0. The summed E-state index contributed by atoms with van der Waals surface area (Å²) in [6, 6.07) is 10.2. The van der Waals surface area contributed by atoms with Gasteiger partial charge in [0.2, 0.25) is 17.7 Å². The van der Waals surface area contributed by atoms with Crippen molar-refractivity contribution in [2.24, 2.45) is 5.73 Å². The second kappa shape index (κ2) is 9.75. The van der Waals surface area contributed by atoms with Crippen LogP contribution in [0.5, 0.6) is 0 Å². The van der Waals surface area contributed by atoms with Gasteiger partial charge in [-0.15, -0.1) is 0 Å². The molecule has 0 saturated carbocycles. The Morgan fingerprint density at radius 2 is 1.56 bits per heavy atom. The van der Waals surface area contributed by atoms with Gasteiger partial charge in [-0.1, -0.05) is 30.3 Å². The number of benzene rings is 1. The molecule has 0 spiro atoms. The van der Waals surface area contributed by atoms with E-state index >= 15 is 0 Å². The minimum atomic E-state index is -0.406. The van der Waals surface area contributed by atoms with E-state index in [2.05, 4.69) is 27.7 Å². The Morgan fingerprint density at radius 1 is 0.920 bits per heavy atom. The minimum Gasteiger partial charge on any atom is -0.346 e. The predicted molar refractivity (Wildman–Crippen MR) is 93.4 cm³/mol. The summed E-state index contributed by atoms with van der Waals surface area (Å²) in [5.41, 5.74) is 6.39. The van der Waals surface area contributed by atoms with Crippen LogP contribution < -0.4 is 16.4 Å². The lowest BCUT2D eigenvalue weighted by atomic mass is 10.2. The quantitative estimate of drug-likeness (QED) is 0.558. The fraction of sp³-hybridized carbons (Fsp3) is 0.471. The molecule has 3 amide bonds. The van der Waals surface area contributed by atoms with Crippen LogP contribution in [0.15, 0.2) is 30.3 Å². The van der Waals surface area contributed by atoms with E-state index in [-0.39, 0.29) is 25.5 Å². The molecule has 1 aliphatic rings. The fourth-order valence-corrected chi connectivity index (χ4v) is 2.60. The maximum absolute atomic E-state index is 12.1. The topological polar surface area (TPSA) is 108 Å². The van der Waals surface area contributed by atoms with Gasteiger partial charge in [-0.25, -0.2) is 0 Å². The van der Waals surface area contributed by atoms with Gasteiger partial charge < -0.3 is 21.3 Å². The summed E-state index contributed by atoms with van der Waals surface area (Å²) in [5, 5.41) is 4.87. The molecule has 0 aliphatic carbocycles. The van der Waals surface area contributed by atoms with Crippen molar-refractivity contribution in [2.45, 2.75) is 6.54 Å². The van der Waals surface area contributed by atoms with Gasteiger partial charge >= 0.3 is 0 Å². The van der Waals surface area contributed by atoms with Crippen LogP contribution >= 0.6 is 0 Å². The van der Waals surface area contributed by atoms with Crippen LogP contribution in [0.4, 0.5) is 0 Å². The largest absolute Gasteiger partial charge is 0.346 e. The summed E-state index contributed by atoms with van der Waals surface area (Å²) in [5.74, 6) is -0.924. The first-order chi connectivity index (χ1) is 12.1. The fourth-order valence-electron chi connectivity index (χ4n) is 2.60. The standard InChI is InChI=1S/C17H25N5O3/c18-10-15(23)19-11-16(24)20-12-17(25)22-8-6-21(7-9-22)13-14-4-2-1-3-5-14/h1-5H,6-13,18H2,(H,19,23)(H,20,24). The van der Waals surface area contributed by atoms with Crippen molar-refractivity contribution in [3.8, 4) is 0 Å². The van der Waals surface area contributed by atoms with Gasteiger partial charge in [0.1, 0.15) is 0 Å². The molecule has 8 nitrogen and oxygen atoms in total. The van der Waals surface area contributed by atoms with Crippen LogP contribution in [-0.2, 0) is 20.9 Å². The molecule has 25 heavy (non-hydrogen) atoms. The zero-order valence-electron chi connectivity index (χ0n) is 14.2. The first-order valence-corrected chi connectivity index (χ1v) is 8.36. The lowest BCUT2D eigenvalue weighted by molar-refractivity contribution is -0.134. The van der Waals surface area contributed by atoms with Gasteiger partial charge in [-0.2, -0.15) is 0 Å². The van der Waals surface area contributed by atoms with Crippen molar-refractivity contribution in [2.75, 3.05) is 45.8 Å². The Kier molecular flexibility index (Phi) is 7.36. The predicted octanol–water partition coefficient (Wildman–Crippen LogP) is -1.48. The van der Waals surface area contributed by atoms with Crippen LogP contribution in [0.25, 0.3) is 0 Å². The van der Waals surface area contributed by atoms with E-state index in [0.717, 1.165) is 19.6 Å². The Morgan fingerprint density at radius 3 is 2.20 bits per heavy atom. The maximum atomic E-state index is 12.1. The Hall–Kier alpha value is -2.45. The lowest BCUT2D eigenvalue weighted by Crippen LogP contribution is -2.51. The molecule has 0 atom stereocenters. The summed E-state index contributed by atoms with van der Waals surface area (Å²) < 4.78 is 0. The van der Waals surface area contributed by atoms with Crippen molar-refractivity contribution < 1.29 is 14.4 Å². The highest BCUT2D eigenvalue weighted by atomic mass is 16.2. The average molecular weight is 347 g/mol. The molecule has 1 aromatic rings. The lowest BCUT2D eigenvalue weighted by Gasteiger charge is -2.34. The molecule has 1 saturated heterocycles. The first kappa shape index (κ1) is 18.9. The van der Waals surface area contributed by atoms with Crippen molar-refractivity contribution in [3.63, 3.8) is 0 Å². The Bertz CT molecular complexity index is 585. The molecule has 1 aliphatic heterocycles. The maximum Gasteiger partial charge on any atom is 0.242 e. The molecule has 2 rings (SSSR count). The second-order valence-corrected chi connectivity index (χ2v) is 5.90. The van der Waals surface area contributed by atoms with Crippen LogP contribution in [0.1, 0.15) is 5.56 Å². The third kappa shape index (κ3) is 6.52. The number of nitrogens with zero attached hydrogens (tertiary/aromatic N) is 2. The number of hydrogen-bond donors (Lipinski definition) is 3. The Labute approximate surface area is 147 Å². The van der Waals surface area contributed by atoms with Gasteiger partial charge in [0.25, 0.3) is 0 Å². The molecule has 136 valence electrons. The smallest absolute Gasteiger partial charge is 0.242 e. The van der Waals surface area contributed by atoms with Gasteiger partial charge in [-0.05, 0) is 5.56 Å². The van der Waals surface area contributed by atoms with Crippen molar-refractivity contribution in [3.05, 3.63) is 35.9 Å². The van der Waals surface area contributed by atoms with E-state index in [4.69, 9.17) is 5.73 Å². The molecule has 1 heterocycles. The van der Waals surface area contributed by atoms with Crippen LogP contribution in [0.2, 0.25) is 0 Å². The third-order valence-corrected chi connectivity index (χ3v) is 4.04. The van der Waals surface area contributed by atoms with E-state index in [0.29, 0.717) is 13.1 Å². The molecule has 1 fully saturated rings. The summed E-state index contributed by atoms with van der Waals surface area (Å²) in [6.07, 6.45) is 0. The molecule has 0 aromatic heterocycles. The first-order valence-electron chi connectivity index (χ1n) is 8.36. The van der Waals surface area contributed by atoms with E-state index in [1.165, 1.54) is 5.56 Å². The highest BCUT2D eigenvalue weighted by Crippen LogP contribution is 2.08. The number of nitrogens with one attached hydrogen (secondary N) is 2. The summed E-state index contributed by atoms with van der Waals surface area (Å²) in [4.78, 5) is 38.7.